The molecule has 2 aromatic carbocycles. The molecule has 3 rings (SSSR count). The van der Waals surface area contributed by atoms with Crippen LogP contribution in [0.2, 0.25) is 0 Å². The molecule has 0 unspecified atom stereocenters. The van der Waals surface area contributed by atoms with Crippen molar-refractivity contribution in [3.05, 3.63) is 59.7 Å². The first kappa shape index (κ1) is 18.1. The van der Waals surface area contributed by atoms with Gasteiger partial charge in [0, 0.05) is 37.2 Å². The van der Waals surface area contributed by atoms with E-state index in [0.29, 0.717) is 24.3 Å². The summed E-state index contributed by atoms with van der Waals surface area (Å²) in [5.74, 6) is 0.947. The van der Waals surface area contributed by atoms with Gasteiger partial charge in [0.1, 0.15) is 11.9 Å². The number of likely N-dealkylation sites (tertiary alicyclic amines) is 1. The van der Waals surface area contributed by atoms with Crippen LogP contribution >= 0.6 is 12.4 Å². The first-order chi connectivity index (χ1) is 11.1. The number of nitrogens with zero attached hydrogens (tertiary/aromatic N) is 1. The first-order valence-corrected chi connectivity index (χ1v) is 8.00. The molecule has 0 bridgehead atoms. The molecule has 5 heteroatoms. The number of halogens is 1. The molecule has 0 spiro atoms. The maximum atomic E-state index is 12.5. The second-order valence-electron chi connectivity index (χ2n) is 6.05. The summed E-state index contributed by atoms with van der Waals surface area (Å²) in [6.45, 7) is 3.48. The lowest BCUT2D eigenvalue weighted by atomic mass is 10.1. The highest BCUT2D eigenvalue weighted by atomic mass is 35.5. The second kappa shape index (κ2) is 8.06. The Labute approximate surface area is 149 Å². The van der Waals surface area contributed by atoms with Gasteiger partial charge in [0.15, 0.2) is 0 Å². The highest BCUT2D eigenvalue weighted by Crippen LogP contribution is 2.21. The van der Waals surface area contributed by atoms with Gasteiger partial charge in [0.05, 0.1) is 0 Å². The van der Waals surface area contributed by atoms with Crippen LogP contribution in [0.5, 0.6) is 5.75 Å². The maximum Gasteiger partial charge on any atom is 0.253 e. The monoisotopic (exact) mass is 346 g/mol. The number of carbonyl (C=O) groups excluding carboxylic acids is 1. The maximum absolute atomic E-state index is 12.5. The second-order valence-corrected chi connectivity index (χ2v) is 6.05. The summed E-state index contributed by atoms with van der Waals surface area (Å²) in [5, 5.41) is 0. The molecule has 1 aliphatic rings. The van der Waals surface area contributed by atoms with Gasteiger partial charge in [-0.1, -0.05) is 23.8 Å². The third-order valence-corrected chi connectivity index (χ3v) is 4.19. The van der Waals surface area contributed by atoms with Crippen LogP contribution in [0.25, 0.3) is 0 Å². The van der Waals surface area contributed by atoms with Gasteiger partial charge in [0.25, 0.3) is 5.91 Å². The number of benzene rings is 2. The molecule has 2 aromatic rings. The topological polar surface area (TPSA) is 55.6 Å². The van der Waals surface area contributed by atoms with Gasteiger partial charge < -0.3 is 15.4 Å². The molecule has 4 nitrogen and oxygen atoms in total. The van der Waals surface area contributed by atoms with E-state index in [9.17, 15) is 4.79 Å². The number of piperidine rings is 1. The third kappa shape index (κ3) is 4.42. The number of aryl methyl sites for hydroxylation is 1. The van der Waals surface area contributed by atoms with E-state index in [2.05, 4.69) is 6.92 Å². The summed E-state index contributed by atoms with van der Waals surface area (Å²) in [6.07, 6.45) is 1.87. The molecular weight excluding hydrogens is 324 g/mol. The van der Waals surface area contributed by atoms with Crippen LogP contribution in [0.3, 0.4) is 0 Å². The first-order valence-electron chi connectivity index (χ1n) is 8.00. The molecule has 1 amide bonds. The van der Waals surface area contributed by atoms with Gasteiger partial charge in [-0.3, -0.25) is 4.79 Å². The zero-order valence-electron chi connectivity index (χ0n) is 13.8. The Kier molecular flexibility index (Phi) is 6.10. The predicted octanol–water partition coefficient (Wildman–Crippen LogP) is 3.68. The summed E-state index contributed by atoms with van der Waals surface area (Å²) in [4.78, 5) is 14.4. The van der Waals surface area contributed by atoms with E-state index < -0.39 is 0 Å². The minimum atomic E-state index is 0. The van der Waals surface area contributed by atoms with Crippen LogP contribution in [0.15, 0.2) is 48.5 Å². The number of amides is 1. The van der Waals surface area contributed by atoms with Crippen LogP contribution in [0.1, 0.15) is 28.8 Å². The summed E-state index contributed by atoms with van der Waals surface area (Å²) >= 11 is 0. The molecular formula is C19H23ClN2O2. The lowest BCUT2D eigenvalue weighted by Gasteiger charge is -2.32. The Hall–Kier alpha value is -2.20. The van der Waals surface area contributed by atoms with Crippen LogP contribution in [-0.2, 0) is 0 Å². The number of carbonyl (C=O) groups is 1. The summed E-state index contributed by atoms with van der Waals surface area (Å²) in [5.41, 5.74) is 8.25. The third-order valence-electron chi connectivity index (χ3n) is 4.19. The van der Waals surface area contributed by atoms with Gasteiger partial charge >= 0.3 is 0 Å². The molecule has 0 aromatic heterocycles. The highest BCUT2D eigenvalue weighted by molar-refractivity contribution is 5.95. The molecule has 0 aliphatic carbocycles. The van der Waals surface area contributed by atoms with E-state index in [-0.39, 0.29) is 24.4 Å². The molecule has 128 valence electrons. The Balaban J connectivity index is 0.00000208. The molecule has 1 heterocycles. The fraction of sp³-hybridized carbons (Fsp3) is 0.316. The summed E-state index contributed by atoms with van der Waals surface area (Å²) in [7, 11) is 0. The zero-order chi connectivity index (χ0) is 16.2. The standard InChI is InChI=1S/C19H22N2O2.ClH/c1-14-5-7-17(8-6-14)23-18-9-11-21(12-10-18)19(22)15-3-2-4-16(20)13-15;/h2-8,13,18H,9-12,20H2,1H3;1H. The fourth-order valence-electron chi connectivity index (χ4n) is 2.84. The number of hydrogen-bond donors (Lipinski definition) is 1. The van der Waals surface area contributed by atoms with Crippen molar-refractivity contribution in [3.8, 4) is 5.75 Å². The van der Waals surface area contributed by atoms with Gasteiger partial charge in [-0.25, -0.2) is 0 Å². The Morgan fingerprint density at radius 3 is 2.42 bits per heavy atom. The molecule has 0 radical (unpaired) electrons. The predicted molar refractivity (Wildman–Crippen MR) is 98.8 cm³/mol. The lowest BCUT2D eigenvalue weighted by molar-refractivity contribution is 0.0595. The minimum Gasteiger partial charge on any atom is -0.490 e. The Morgan fingerprint density at radius 2 is 1.79 bits per heavy atom. The van der Waals surface area contributed by atoms with E-state index in [1.807, 2.05) is 41.3 Å². The van der Waals surface area contributed by atoms with Gasteiger partial charge in [0.2, 0.25) is 0 Å². The molecule has 2 N–H and O–H groups in total. The van der Waals surface area contributed by atoms with Gasteiger partial charge in [-0.05, 0) is 37.3 Å². The summed E-state index contributed by atoms with van der Waals surface area (Å²) in [6, 6.07) is 15.2. The molecule has 1 aliphatic heterocycles. The number of ether oxygens (including phenoxy) is 1. The van der Waals surface area contributed by atoms with Crippen molar-refractivity contribution < 1.29 is 9.53 Å². The number of hydrogen-bond acceptors (Lipinski definition) is 3. The van der Waals surface area contributed by atoms with Crippen molar-refractivity contribution in [2.75, 3.05) is 18.8 Å². The number of nitrogen functional groups attached to an aromatic ring is 1. The van der Waals surface area contributed by atoms with Crippen molar-refractivity contribution in [1.29, 1.82) is 0 Å². The zero-order valence-corrected chi connectivity index (χ0v) is 14.6. The average molecular weight is 347 g/mol. The molecule has 24 heavy (non-hydrogen) atoms. The van der Waals surface area contributed by atoms with E-state index in [0.717, 1.165) is 18.6 Å². The Morgan fingerprint density at radius 1 is 1.12 bits per heavy atom. The number of nitrogens with two attached hydrogens (primary N) is 1. The normalized spacial score (nSPS) is 14.8. The highest BCUT2D eigenvalue weighted by Gasteiger charge is 2.24. The van der Waals surface area contributed by atoms with E-state index in [1.54, 1.807) is 12.1 Å². The van der Waals surface area contributed by atoms with Crippen molar-refractivity contribution in [1.82, 2.24) is 4.90 Å². The van der Waals surface area contributed by atoms with E-state index in [1.165, 1.54) is 5.56 Å². The Bertz CT molecular complexity index is 680. The molecule has 0 saturated carbocycles. The van der Waals surface area contributed by atoms with Crippen LogP contribution in [-0.4, -0.2) is 30.0 Å². The van der Waals surface area contributed by atoms with Gasteiger partial charge in [-0.2, -0.15) is 0 Å². The van der Waals surface area contributed by atoms with Crippen molar-refractivity contribution >= 4 is 24.0 Å². The van der Waals surface area contributed by atoms with Crippen LogP contribution in [0.4, 0.5) is 5.69 Å². The smallest absolute Gasteiger partial charge is 0.253 e. The lowest BCUT2D eigenvalue weighted by Crippen LogP contribution is -2.41. The number of rotatable bonds is 3. The number of anilines is 1. The van der Waals surface area contributed by atoms with Crippen molar-refractivity contribution in [2.24, 2.45) is 0 Å². The molecule has 1 saturated heterocycles. The van der Waals surface area contributed by atoms with Crippen molar-refractivity contribution in [3.63, 3.8) is 0 Å². The molecule has 1 fully saturated rings. The molecule has 0 atom stereocenters. The summed E-state index contributed by atoms with van der Waals surface area (Å²) < 4.78 is 6.01. The average Bonchev–Trinajstić information content (AvgIpc) is 2.57. The van der Waals surface area contributed by atoms with E-state index in [4.69, 9.17) is 10.5 Å². The fourth-order valence-corrected chi connectivity index (χ4v) is 2.84. The van der Waals surface area contributed by atoms with Crippen LogP contribution < -0.4 is 10.5 Å². The van der Waals surface area contributed by atoms with Crippen molar-refractivity contribution in [2.45, 2.75) is 25.9 Å². The van der Waals surface area contributed by atoms with Gasteiger partial charge in [-0.15, -0.1) is 12.4 Å². The quantitative estimate of drug-likeness (QED) is 0.862. The van der Waals surface area contributed by atoms with Crippen LogP contribution in [0, 0.1) is 6.92 Å². The largest absolute Gasteiger partial charge is 0.490 e. The minimum absolute atomic E-state index is 0. The van der Waals surface area contributed by atoms with E-state index >= 15 is 0 Å². The SMILES string of the molecule is Cc1ccc(OC2CCN(C(=O)c3cccc(N)c3)CC2)cc1.Cl.